The number of carbonyl (C=O) groups is 1. The third-order valence-electron chi connectivity index (χ3n) is 2.68. The summed E-state index contributed by atoms with van der Waals surface area (Å²) >= 11 is 0. The summed E-state index contributed by atoms with van der Waals surface area (Å²) in [6, 6.07) is 0. The van der Waals surface area contributed by atoms with Crippen LogP contribution in [0.1, 0.15) is 22.0 Å². The lowest BCUT2D eigenvalue weighted by atomic mass is 10.2. The minimum atomic E-state index is -1.10. The first-order valence-corrected chi connectivity index (χ1v) is 5.61. The third-order valence-corrected chi connectivity index (χ3v) is 2.68. The normalized spacial score (nSPS) is 10.8. The monoisotopic (exact) mass is 266 g/mol. The summed E-state index contributed by atoms with van der Waals surface area (Å²) in [6.07, 6.45) is 1.85. The largest absolute Gasteiger partial charge is 0.476 e. The molecular formula is C10H14N6O3. The molecule has 2 aromatic rings. The maximum atomic E-state index is 11.1. The van der Waals surface area contributed by atoms with E-state index in [1.165, 1.54) is 11.0 Å². The number of rotatable bonds is 6. The molecule has 0 aromatic carbocycles. The van der Waals surface area contributed by atoms with E-state index in [0.29, 0.717) is 31.1 Å². The van der Waals surface area contributed by atoms with Crippen LogP contribution in [-0.2, 0) is 24.8 Å². The van der Waals surface area contributed by atoms with Crippen LogP contribution in [0.2, 0.25) is 0 Å². The predicted molar refractivity (Wildman–Crippen MR) is 62.7 cm³/mol. The number of aromatic carboxylic acids is 1. The van der Waals surface area contributed by atoms with E-state index in [9.17, 15) is 4.79 Å². The Kier molecular flexibility index (Phi) is 3.85. The zero-order valence-electron chi connectivity index (χ0n) is 10.6. The minimum absolute atomic E-state index is 0.0563. The van der Waals surface area contributed by atoms with Gasteiger partial charge in [0.25, 0.3) is 0 Å². The number of nitrogens with zero attached hydrogens (tertiary/aromatic N) is 6. The van der Waals surface area contributed by atoms with Crippen molar-refractivity contribution in [3.63, 3.8) is 0 Å². The molecule has 0 unspecified atom stereocenters. The van der Waals surface area contributed by atoms with Crippen molar-refractivity contribution in [1.82, 2.24) is 29.8 Å². The number of aryl methyl sites for hydroxylation is 1. The molecule has 9 nitrogen and oxygen atoms in total. The minimum Gasteiger partial charge on any atom is -0.476 e. The Morgan fingerprint density at radius 2 is 2.32 bits per heavy atom. The van der Waals surface area contributed by atoms with E-state index in [-0.39, 0.29) is 5.69 Å². The SMILES string of the molecule is COCCc1c(C(=O)O)nnn1Cc1ncnn1C. The summed E-state index contributed by atoms with van der Waals surface area (Å²) in [6.45, 7) is 0.711. The molecule has 0 bridgehead atoms. The second-order valence-electron chi connectivity index (χ2n) is 3.89. The summed E-state index contributed by atoms with van der Waals surface area (Å²) in [5, 5.41) is 20.6. The molecule has 0 saturated heterocycles. The summed E-state index contributed by atoms with van der Waals surface area (Å²) in [4.78, 5) is 15.1. The number of methoxy groups -OCH3 is 1. The highest BCUT2D eigenvalue weighted by Crippen LogP contribution is 2.09. The second-order valence-corrected chi connectivity index (χ2v) is 3.89. The van der Waals surface area contributed by atoms with Gasteiger partial charge in [0.15, 0.2) is 5.69 Å². The quantitative estimate of drug-likeness (QED) is 0.739. The Bertz CT molecular complexity index is 576. The van der Waals surface area contributed by atoms with E-state index in [2.05, 4.69) is 20.4 Å². The van der Waals surface area contributed by atoms with Crippen LogP contribution in [-0.4, -0.2) is 54.6 Å². The number of carboxylic acids is 1. The molecule has 9 heteroatoms. The van der Waals surface area contributed by atoms with E-state index in [1.54, 1.807) is 18.8 Å². The number of carboxylic acid groups (broad SMARTS) is 1. The molecule has 0 spiro atoms. The molecule has 0 amide bonds. The molecule has 2 rings (SSSR count). The van der Waals surface area contributed by atoms with Gasteiger partial charge in [0.1, 0.15) is 18.7 Å². The van der Waals surface area contributed by atoms with Crippen LogP contribution >= 0.6 is 0 Å². The van der Waals surface area contributed by atoms with Gasteiger partial charge in [-0.2, -0.15) is 5.10 Å². The van der Waals surface area contributed by atoms with Crippen LogP contribution in [0.15, 0.2) is 6.33 Å². The first-order valence-electron chi connectivity index (χ1n) is 5.61. The van der Waals surface area contributed by atoms with Gasteiger partial charge in [-0.25, -0.2) is 14.5 Å². The summed E-state index contributed by atoms with van der Waals surface area (Å²) in [7, 11) is 3.31. The van der Waals surface area contributed by atoms with E-state index in [0.717, 1.165) is 0 Å². The van der Waals surface area contributed by atoms with E-state index >= 15 is 0 Å². The zero-order valence-corrected chi connectivity index (χ0v) is 10.6. The van der Waals surface area contributed by atoms with Crippen LogP contribution in [0, 0.1) is 0 Å². The van der Waals surface area contributed by atoms with Crippen LogP contribution in [0.25, 0.3) is 0 Å². The molecular weight excluding hydrogens is 252 g/mol. The maximum Gasteiger partial charge on any atom is 0.358 e. The molecule has 0 aliphatic carbocycles. The topological polar surface area (TPSA) is 108 Å². The Hall–Kier alpha value is -2.29. The maximum absolute atomic E-state index is 11.1. The van der Waals surface area contributed by atoms with E-state index in [1.807, 2.05) is 0 Å². The van der Waals surface area contributed by atoms with Crippen molar-refractivity contribution in [2.24, 2.45) is 7.05 Å². The van der Waals surface area contributed by atoms with Gasteiger partial charge >= 0.3 is 5.97 Å². The van der Waals surface area contributed by atoms with E-state index in [4.69, 9.17) is 9.84 Å². The zero-order chi connectivity index (χ0) is 13.8. The van der Waals surface area contributed by atoms with Crippen molar-refractivity contribution in [3.05, 3.63) is 23.5 Å². The lowest BCUT2D eigenvalue weighted by Crippen LogP contribution is -2.14. The van der Waals surface area contributed by atoms with Crippen molar-refractivity contribution in [2.75, 3.05) is 13.7 Å². The number of ether oxygens (including phenoxy) is 1. The third kappa shape index (κ3) is 2.76. The Morgan fingerprint density at radius 1 is 1.53 bits per heavy atom. The van der Waals surface area contributed by atoms with Gasteiger partial charge in [-0.15, -0.1) is 5.10 Å². The molecule has 0 radical (unpaired) electrons. The molecule has 0 saturated carbocycles. The lowest BCUT2D eigenvalue weighted by molar-refractivity contribution is 0.0688. The summed E-state index contributed by atoms with van der Waals surface area (Å²) < 4.78 is 8.07. The van der Waals surface area contributed by atoms with Crippen LogP contribution in [0.3, 0.4) is 0 Å². The molecule has 2 heterocycles. The van der Waals surface area contributed by atoms with E-state index < -0.39 is 5.97 Å². The van der Waals surface area contributed by atoms with Crippen LogP contribution < -0.4 is 0 Å². The molecule has 2 aromatic heterocycles. The fourth-order valence-electron chi connectivity index (χ4n) is 1.67. The average Bonchev–Trinajstić information content (AvgIpc) is 2.95. The second kappa shape index (κ2) is 5.57. The van der Waals surface area contributed by atoms with Crippen molar-refractivity contribution in [2.45, 2.75) is 13.0 Å². The predicted octanol–water partition coefficient (Wildman–Crippen LogP) is -0.658. The highest BCUT2D eigenvalue weighted by atomic mass is 16.5. The first-order chi connectivity index (χ1) is 9.13. The summed E-state index contributed by atoms with van der Waals surface area (Å²) in [5.41, 5.74) is 0.455. The average molecular weight is 266 g/mol. The van der Waals surface area contributed by atoms with Crippen molar-refractivity contribution in [1.29, 1.82) is 0 Å². The Morgan fingerprint density at radius 3 is 2.89 bits per heavy atom. The summed E-state index contributed by atoms with van der Waals surface area (Å²) in [5.74, 6) is -0.434. The number of hydrogen-bond acceptors (Lipinski definition) is 6. The van der Waals surface area contributed by atoms with Crippen molar-refractivity contribution >= 4 is 5.97 Å². The molecule has 19 heavy (non-hydrogen) atoms. The highest BCUT2D eigenvalue weighted by molar-refractivity contribution is 5.86. The smallest absolute Gasteiger partial charge is 0.358 e. The van der Waals surface area contributed by atoms with Gasteiger partial charge in [0.05, 0.1) is 12.3 Å². The molecule has 0 aliphatic heterocycles. The molecule has 0 atom stereocenters. The van der Waals surface area contributed by atoms with Gasteiger partial charge in [-0.3, -0.25) is 4.68 Å². The Balaban J connectivity index is 2.29. The Labute approximate surface area is 108 Å². The van der Waals surface area contributed by atoms with Gasteiger partial charge in [0, 0.05) is 20.6 Å². The lowest BCUT2D eigenvalue weighted by Gasteiger charge is -2.06. The van der Waals surface area contributed by atoms with Gasteiger partial charge in [0.2, 0.25) is 0 Å². The standard InChI is InChI=1S/C10H14N6O3/c1-15-8(11-6-12-15)5-16-7(3-4-19-2)9(10(17)18)13-14-16/h6H,3-5H2,1-2H3,(H,17,18). The highest BCUT2D eigenvalue weighted by Gasteiger charge is 2.19. The molecule has 1 N–H and O–H groups in total. The number of hydrogen-bond donors (Lipinski definition) is 1. The van der Waals surface area contributed by atoms with Crippen LogP contribution in [0.5, 0.6) is 0 Å². The number of aromatic nitrogens is 6. The van der Waals surface area contributed by atoms with Gasteiger partial charge < -0.3 is 9.84 Å². The van der Waals surface area contributed by atoms with Crippen molar-refractivity contribution in [3.8, 4) is 0 Å². The fraction of sp³-hybridized carbons (Fsp3) is 0.500. The fourth-order valence-corrected chi connectivity index (χ4v) is 1.67. The van der Waals surface area contributed by atoms with Gasteiger partial charge in [-0.05, 0) is 0 Å². The van der Waals surface area contributed by atoms with Crippen molar-refractivity contribution < 1.29 is 14.6 Å². The first kappa shape index (κ1) is 13.1. The molecule has 0 fully saturated rings. The van der Waals surface area contributed by atoms with Gasteiger partial charge in [-0.1, -0.05) is 5.21 Å². The molecule has 0 aliphatic rings. The van der Waals surface area contributed by atoms with Crippen LogP contribution in [0.4, 0.5) is 0 Å². The molecule has 102 valence electrons.